The molecule has 0 saturated carbocycles. The van der Waals surface area contributed by atoms with Gasteiger partial charge in [-0.25, -0.2) is 0 Å². The van der Waals surface area contributed by atoms with Crippen LogP contribution in [-0.4, -0.2) is 69.0 Å². The maximum Gasteiger partial charge on any atom is 0.237 e. The number of nitrogens with zero attached hydrogens (tertiary/aromatic N) is 1. The number of likely N-dealkylation sites (N-methyl/N-ethyl adjacent to an activating group) is 1. The molecule has 0 aromatic heterocycles. The van der Waals surface area contributed by atoms with Gasteiger partial charge in [0.25, 0.3) is 0 Å². The van der Waals surface area contributed by atoms with Crippen LogP contribution in [-0.2, 0) is 14.3 Å². The maximum atomic E-state index is 11.6. The second-order valence-corrected chi connectivity index (χ2v) is 5.43. The first-order chi connectivity index (χ1) is 9.91. The van der Waals surface area contributed by atoms with Crippen LogP contribution >= 0.6 is 0 Å². The molecule has 0 aromatic carbocycles. The zero-order chi connectivity index (χ0) is 16.3. The summed E-state index contributed by atoms with van der Waals surface area (Å²) in [5, 5.41) is 3.03. The van der Waals surface area contributed by atoms with Crippen LogP contribution in [0.4, 0.5) is 0 Å². The summed E-state index contributed by atoms with van der Waals surface area (Å²) in [6.45, 7) is 12.3. The predicted octanol–water partition coefficient (Wildman–Crippen LogP) is 0.603. The van der Waals surface area contributed by atoms with Crippen molar-refractivity contribution in [3.8, 4) is 0 Å². The van der Waals surface area contributed by atoms with Gasteiger partial charge in [-0.15, -0.1) is 0 Å². The molecular weight excluding hydrogens is 270 g/mol. The van der Waals surface area contributed by atoms with Gasteiger partial charge in [0.15, 0.2) is 0 Å². The fourth-order valence-electron chi connectivity index (χ4n) is 2.25. The first-order valence-electron chi connectivity index (χ1n) is 7.79. The summed E-state index contributed by atoms with van der Waals surface area (Å²) in [7, 11) is 1.77. The van der Waals surface area contributed by atoms with Crippen molar-refractivity contribution in [3.05, 3.63) is 0 Å². The van der Waals surface area contributed by atoms with Crippen LogP contribution in [0.5, 0.6) is 0 Å². The van der Waals surface area contributed by atoms with Crippen LogP contribution in [0.25, 0.3) is 0 Å². The number of primary amides is 1. The van der Waals surface area contributed by atoms with Crippen LogP contribution in [0.1, 0.15) is 34.1 Å². The quantitative estimate of drug-likeness (QED) is 0.487. The topological polar surface area (TPSA) is 76.8 Å². The fraction of sp³-hybridized carbons (Fsp3) is 0.933. The van der Waals surface area contributed by atoms with Gasteiger partial charge in [-0.05, 0) is 41.2 Å². The number of rotatable bonds is 13. The van der Waals surface area contributed by atoms with E-state index in [9.17, 15) is 4.79 Å². The highest BCUT2D eigenvalue weighted by Gasteiger charge is 2.32. The van der Waals surface area contributed by atoms with Gasteiger partial charge >= 0.3 is 0 Å². The molecule has 0 saturated heterocycles. The minimum atomic E-state index is -0.700. The van der Waals surface area contributed by atoms with E-state index >= 15 is 0 Å². The summed E-state index contributed by atoms with van der Waals surface area (Å²) < 4.78 is 10.9. The normalized spacial score (nSPS) is 15.9. The Morgan fingerprint density at radius 3 is 2.05 bits per heavy atom. The Morgan fingerprint density at radius 2 is 1.71 bits per heavy atom. The van der Waals surface area contributed by atoms with E-state index in [0.29, 0.717) is 32.8 Å². The molecule has 0 aromatic rings. The van der Waals surface area contributed by atoms with Crippen molar-refractivity contribution in [2.45, 2.75) is 45.7 Å². The number of hydrogen-bond donors (Lipinski definition) is 2. The van der Waals surface area contributed by atoms with Gasteiger partial charge < -0.3 is 20.5 Å². The van der Waals surface area contributed by atoms with Crippen molar-refractivity contribution in [2.24, 2.45) is 5.73 Å². The Kier molecular flexibility index (Phi) is 10.6. The number of nitrogens with two attached hydrogens (primary N) is 1. The minimum Gasteiger partial charge on any atom is -0.380 e. The predicted molar refractivity (Wildman–Crippen MR) is 85.3 cm³/mol. The first kappa shape index (κ1) is 20.3. The molecular formula is C15H33N3O3. The van der Waals surface area contributed by atoms with E-state index in [1.165, 1.54) is 0 Å². The van der Waals surface area contributed by atoms with Crippen LogP contribution < -0.4 is 11.1 Å². The van der Waals surface area contributed by atoms with Crippen molar-refractivity contribution in [2.75, 3.05) is 46.6 Å². The second-order valence-electron chi connectivity index (χ2n) is 5.43. The van der Waals surface area contributed by atoms with E-state index < -0.39 is 5.54 Å². The summed E-state index contributed by atoms with van der Waals surface area (Å²) in [5.74, 6) is -0.327. The summed E-state index contributed by atoms with van der Waals surface area (Å²) >= 11 is 0. The van der Waals surface area contributed by atoms with E-state index in [4.69, 9.17) is 15.2 Å². The average molecular weight is 303 g/mol. The molecule has 0 aliphatic rings. The van der Waals surface area contributed by atoms with E-state index in [1.807, 2.05) is 20.8 Å². The third-order valence-electron chi connectivity index (χ3n) is 3.88. The lowest BCUT2D eigenvalue weighted by molar-refractivity contribution is -0.124. The first-order valence-corrected chi connectivity index (χ1v) is 7.79. The van der Waals surface area contributed by atoms with Gasteiger partial charge in [0.05, 0.1) is 18.8 Å². The summed E-state index contributed by atoms with van der Waals surface area (Å²) in [4.78, 5) is 13.9. The number of ether oxygens (including phenoxy) is 2. The van der Waals surface area contributed by atoms with Gasteiger partial charge in [0.2, 0.25) is 5.91 Å². The number of amides is 1. The molecule has 3 N–H and O–H groups in total. The van der Waals surface area contributed by atoms with E-state index in [0.717, 1.165) is 13.1 Å². The fourth-order valence-corrected chi connectivity index (χ4v) is 2.25. The van der Waals surface area contributed by atoms with E-state index in [2.05, 4.69) is 17.1 Å². The molecule has 126 valence electrons. The number of carbonyl (C=O) groups excluding carboxylic acids is 1. The Morgan fingerprint density at radius 1 is 1.24 bits per heavy atom. The van der Waals surface area contributed by atoms with E-state index in [-0.39, 0.29) is 11.9 Å². The van der Waals surface area contributed by atoms with Crippen molar-refractivity contribution in [1.29, 1.82) is 0 Å². The number of nitrogens with one attached hydrogen (secondary N) is 1. The lowest BCUT2D eigenvalue weighted by Crippen LogP contribution is -2.55. The molecule has 6 nitrogen and oxygen atoms in total. The second kappa shape index (κ2) is 11.0. The highest BCUT2D eigenvalue weighted by atomic mass is 16.5. The monoisotopic (exact) mass is 303 g/mol. The molecule has 0 bridgehead atoms. The standard InChI is InChI=1S/C15H33N3O3/c1-6-20-10-8-18(9-11-21-7-2)13(3)12-15(4,17-5)14(16)19/h13,17H,6-12H2,1-5H3,(H2,16,19). The third-order valence-corrected chi connectivity index (χ3v) is 3.88. The zero-order valence-corrected chi connectivity index (χ0v) is 14.3. The lowest BCUT2D eigenvalue weighted by Gasteiger charge is -2.35. The molecule has 21 heavy (non-hydrogen) atoms. The summed E-state index contributed by atoms with van der Waals surface area (Å²) in [5.41, 5.74) is 4.80. The Balaban J connectivity index is 4.59. The Labute approximate surface area is 129 Å². The van der Waals surface area contributed by atoms with Gasteiger partial charge in [-0.3, -0.25) is 9.69 Å². The maximum absolute atomic E-state index is 11.6. The molecule has 0 heterocycles. The lowest BCUT2D eigenvalue weighted by atomic mass is 9.92. The molecule has 0 spiro atoms. The van der Waals surface area contributed by atoms with Gasteiger partial charge in [-0.1, -0.05) is 0 Å². The van der Waals surface area contributed by atoms with Gasteiger partial charge in [0.1, 0.15) is 0 Å². The minimum absolute atomic E-state index is 0.205. The zero-order valence-electron chi connectivity index (χ0n) is 14.3. The van der Waals surface area contributed by atoms with Gasteiger partial charge in [-0.2, -0.15) is 0 Å². The third kappa shape index (κ3) is 7.76. The molecule has 1 amide bonds. The average Bonchev–Trinajstić information content (AvgIpc) is 2.45. The molecule has 2 unspecified atom stereocenters. The van der Waals surface area contributed by atoms with Crippen LogP contribution in [0.3, 0.4) is 0 Å². The van der Waals surface area contributed by atoms with Crippen molar-refractivity contribution in [3.63, 3.8) is 0 Å². The van der Waals surface area contributed by atoms with E-state index in [1.54, 1.807) is 7.05 Å². The number of hydrogen-bond acceptors (Lipinski definition) is 5. The Hall–Kier alpha value is -0.690. The smallest absolute Gasteiger partial charge is 0.237 e. The van der Waals surface area contributed by atoms with Crippen LogP contribution in [0.15, 0.2) is 0 Å². The van der Waals surface area contributed by atoms with Crippen molar-refractivity contribution in [1.82, 2.24) is 10.2 Å². The van der Waals surface area contributed by atoms with Crippen LogP contribution in [0, 0.1) is 0 Å². The van der Waals surface area contributed by atoms with Crippen LogP contribution in [0.2, 0.25) is 0 Å². The highest BCUT2D eigenvalue weighted by molar-refractivity contribution is 5.84. The largest absolute Gasteiger partial charge is 0.380 e. The molecule has 0 radical (unpaired) electrons. The molecule has 0 aliphatic heterocycles. The molecule has 2 atom stereocenters. The molecule has 0 aliphatic carbocycles. The molecule has 6 heteroatoms. The Bertz CT molecular complexity index is 279. The molecule has 0 fully saturated rings. The summed E-state index contributed by atoms with van der Waals surface area (Å²) in [6.07, 6.45) is 0.650. The van der Waals surface area contributed by atoms with Crippen molar-refractivity contribution < 1.29 is 14.3 Å². The summed E-state index contributed by atoms with van der Waals surface area (Å²) in [6, 6.07) is 0.205. The number of carbonyl (C=O) groups is 1. The van der Waals surface area contributed by atoms with Gasteiger partial charge in [0, 0.05) is 32.3 Å². The molecule has 0 rings (SSSR count). The van der Waals surface area contributed by atoms with Crippen molar-refractivity contribution >= 4 is 5.91 Å². The SMILES string of the molecule is CCOCCN(CCOCC)C(C)CC(C)(NC)C(N)=O. The highest BCUT2D eigenvalue weighted by Crippen LogP contribution is 2.16.